The molecule has 256 valence electrons. The van der Waals surface area contributed by atoms with Crippen LogP contribution >= 0.6 is 0 Å². The average molecular weight is 671 g/mol. The Balaban J connectivity index is 1.64. The molecule has 0 radical (unpaired) electrons. The van der Waals surface area contributed by atoms with E-state index in [-0.39, 0.29) is 41.4 Å². The number of benzene rings is 2. The molecule has 9 heteroatoms. The van der Waals surface area contributed by atoms with Crippen molar-refractivity contribution >= 4 is 24.9 Å². The van der Waals surface area contributed by atoms with E-state index in [0.717, 1.165) is 29.8 Å². The zero-order valence-corrected chi connectivity index (χ0v) is 30.6. The third-order valence-corrected chi connectivity index (χ3v) is 14.7. The summed E-state index contributed by atoms with van der Waals surface area (Å²) in [5, 5.41) is 11.5. The fraction of sp³-hybridized carbons (Fsp3) is 0.436. The molecule has 1 fully saturated rings. The molecule has 2 aromatic carbocycles. The summed E-state index contributed by atoms with van der Waals surface area (Å²) < 4.78 is 19.4. The third kappa shape index (κ3) is 6.31. The van der Waals surface area contributed by atoms with Crippen molar-refractivity contribution in [3.8, 4) is 17.2 Å². The molecule has 1 saturated heterocycles. The number of carbonyl (C=O) groups excluding carboxylic acids is 1. The number of fused-ring (bicyclic) bond motifs is 2. The van der Waals surface area contributed by atoms with Crippen LogP contribution < -0.4 is 25.1 Å². The molecule has 3 aromatic rings. The lowest BCUT2D eigenvalue weighted by molar-refractivity contribution is -0.146. The second kappa shape index (κ2) is 14.3. The zero-order chi connectivity index (χ0) is 34.8. The summed E-state index contributed by atoms with van der Waals surface area (Å²) in [7, 11) is 0.818. The van der Waals surface area contributed by atoms with Gasteiger partial charge in [0, 0.05) is 36.5 Å². The zero-order valence-electron chi connectivity index (χ0n) is 29.6. The maximum Gasteiger partial charge on any atom is 0.297 e. The minimum Gasteiger partial charge on any atom is -0.497 e. The maximum atomic E-state index is 15.0. The number of anilines is 1. The highest BCUT2D eigenvalue weighted by atomic mass is 28.3. The number of methoxy groups -OCH3 is 2. The van der Waals surface area contributed by atoms with E-state index in [1.165, 1.54) is 23.4 Å². The van der Waals surface area contributed by atoms with Crippen molar-refractivity contribution in [2.45, 2.75) is 77.3 Å². The molecule has 4 atom stereocenters. The van der Waals surface area contributed by atoms with Crippen LogP contribution in [-0.2, 0) is 15.1 Å². The van der Waals surface area contributed by atoms with E-state index in [4.69, 9.17) is 14.2 Å². The van der Waals surface area contributed by atoms with Crippen LogP contribution in [0.1, 0.15) is 52.5 Å². The quantitative estimate of drug-likeness (QED) is 0.175. The average Bonchev–Trinajstić information content (AvgIpc) is 3.49. The van der Waals surface area contributed by atoms with E-state index in [1.807, 2.05) is 35.2 Å². The molecule has 0 aliphatic carbocycles. The molecule has 1 amide bonds. The minimum atomic E-state index is -2.32. The van der Waals surface area contributed by atoms with Gasteiger partial charge < -0.3 is 24.2 Å². The lowest BCUT2D eigenvalue weighted by Gasteiger charge is -2.37. The Morgan fingerprint density at radius 3 is 2.40 bits per heavy atom. The molecule has 0 unspecified atom stereocenters. The predicted molar refractivity (Wildman–Crippen MR) is 195 cm³/mol. The van der Waals surface area contributed by atoms with Gasteiger partial charge in [0.15, 0.2) is 11.4 Å². The number of allylic oxidation sites excluding steroid dienone is 3. The van der Waals surface area contributed by atoms with E-state index < -0.39 is 13.7 Å². The van der Waals surface area contributed by atoms with Crippen molar-refractivity contribution in [2.75, 3.05) is 32.3 Å². The number of carbonyl (C=O) groups is 1. The van der Waals surface area contributed by atoms with E-state index in [0.29, 0.717) is 18.7 Å². The first-order valence-electron chi connectivity index (χ1n) is 16.8. The predicted octanol–water partition coefficient (Wildman–Crippen LogP) is 6.49. The smallest absolute Gasteiger partial charge is 0.297 e. The summed E-state index contributed by atoms with van der Waals surface area (Å²) >= 11 is 0. The van der Waals surface area contributed by atoms with Crippen molar-refractivity contribution in [3.63, 3.8) is 0 Å². The first-order valence-corrected chi connectivity index (χ1v) is 19.9. The second-order valence-corrected chi connectivity index (χ2v) is 18.6. The number of nitrogens with zero attached hydrogens (tertiary/aromatic N) is 2. The summed E-state index contributed by atoms with van der Waals surface area (Å²) in [4.78, 5) is 30.1. The van der Waals surface area contributed by atoms with Gasteiger partial charge in [0.1, 0.15) is 5.75 Å². The molecule has 2 aliphatic heterocycles. The topological polar surface area (TPSA) is 90.2 Å². The van der Waals surface area contributed by atoms with Gasteiger partial charge in [0.2, 0.25) is 0 Å². The van der Waals surface area contributed by atoms with Gasteiger partial charge in [0.05, 0.1) is 34.1 Å². The standard InChI is InChI=1S/C39H50N2O6Si/c1-26(2)11-9-12-27(3)20-23-41-33-19-14-29(40-22-10-13-35(46-6)37(40)43)25-32(33)39(38(41)44)28(4)36(34(47-39)21-24-42)48(7,8)31-17-15-30(45-5)16-18-31/h10-11,13-20,22,25,28,34,36,42H,9,12,21,23-24H2,1-8H3/b27-20+/t28-,34+,36-,39+/m1/s1. The van der Waals surface area contributed by atoms with Crippen molar-refractivity contribution < 1.29 is 24.1 Å². The van der Waals surface area contributed by atoms with E-state index in [2.05, 4.69) is 65.1 Å². The highest BCUT2D eigenvalue weighted by molar-refractivity contribution is 6.91. The van der Waals surface area contributed by atoms with Crippen LogP contribution in [0.3, 0.4) is 0 Å². The number of hydrogen-bond donors (Lipinski definition) is 1. The largest absolute Gasteiger partial charge is 0.497 e. The van der Waals surface area contributed by atoms with Gasteiger partial charge in [-0.05, 0) is 88.0 Å². The van der Waals surface area contributed by atoms with Gasteiger partial charge in [0.25, 0.3) is 11.5 Å². The molecule has 1 aromatic heterocycles. The normalized spacial score (nSPS) is 22.3. The van der Waals surface area contributed by atoms with Gasteiger partial charge in [-0.15, -0.1) is 0 Å². The first-order chi connectivity index (χ1) is 22.9. The van der Waals surface area contributed by atoms with Crippen LogP contribution in [0.5, 0.6) is 11.5 Å². The Labute approximate surface area is 285 Å². The Morgan fingerprint density at radius 2 is 1.75 bits per heavy atom. The van der Waals surface area contributed by atoms with Gasteiger partial charge in [-0.3, -0.25) is 14.2 Å². The number of aliphatic hydroxyl groups is 1. The maximum absolute atomic E-state index is 15.0. The Bertz CT molecular complexity index is 1760. The van der Waals surface area contributed by atoms with Crippen LogP contribution in [0.2, 0.25) is 18.6 Å². The lowest BCUT2D eigenvalue weighted by atomic mass is 9.82. The summed E-state index contributed by atoms with van der Waals surface area (Å²) in [6.07, 6.45) is 8.03. The first kappa shape index (κ1) is 35.4. The molecular formula is C39H50N2O6Si. The summed E-state index contributed by atoms with van der Waals surface area (Å²) in [6, 6.07) is 17.4. The molecule has 48 heavy (non-hydrogen) atoms. The van der Waals surface area contributed by atoms with Crippen LogP contribution in [-0.4, -0.2) is 57.1 Å². The number of ether oxygens (including phenoxy) is 3. The van der Waals surface area contributed by atoms with E-state index in [1.54, 1.807) is 30.0 Å². The number of pyridine rings is 1. The highest BCUT2D eigenvalue weighted by Gasteiger charge is 2.66. The number of amides is 1. The van der Waals surface area contributed by atoms with Crippen molar-refractivity contribution in [1.29, 1.82) is 0 Å². The van der Waals surface area contributed by atoms with Crippen LogP contribution in [0.15, 0.2) is 88.9 Å². The molecular weight excluding hydrogens is 621 g/mol. The Kier molecular flexibility index (Phi) is 10.5. The van der Waals surface area contributed by atoms with Crippen LogP contribution in [0.4, 0.5) is 5.69 Å². The van der Waals surface area contributed by atoms with Gasteiger partial charge in [-0.1, -0.05) is 60.6 Å². The van der Waals surface area contributed by atoms with Gasteiger partial charge in [-0.25, -0.2) is 0 Å². The SMILES string of the molecule is COc1ccc([Si](C)(C)[C@H]2[C@H](CCO)O[C@@]3(C(=O)N(C/C=C(\C)CCC=C(C)C)c4ccc(-n5cccc(OC)c5=O)cc43)[C@@H]2C)cc1. The molecule has 5 rings (SSSR count). The summed E-state index contributed by atoms with van der Waals surface area (Å²) in [5.74, 6) is 0.718. The van der Waals surface area contributed by atoms with Crippen LogP contribution in [0.25, 0.3) is 5.69 Å². The highest BCUT2D eigenvalue weighted by Crippen LogP contribution is 2.60. The van der Waals surface area contributed by atoms with Gasteiger partial charge in [-0.2, -0.15) is 0 Å². The molecule has 0 bridgehead atoms. The molecule has 0 saturated carbocycles. The fourth-order valence-electron chi connectivity index (χ4n) is 7.80. The molecule has 1 spiro atoms. The summed E-state index contributed by atoms with van der Waals surface area (Å²) in [6.45, 7) is 13.5. The van der Waals surface area contributed by atoms with Crippen molar-refractivity contribution in [2.24, 2.45) is 5.92 Å². The lowest BCUT2D eigenvalue weighted by Crippen LogP contribution is -2.52. The van der Waals surface area contributed by atoms with Crippen molar-refractivity contribution in [1.82, 2.24) is 4.57 Å². The van der Waals surface area contributed by atoms with Crippen LogP contribution in [0, 0.1) is 5.92 Å². The number of rotatable bonds is 12. The molecule has 1 N–H and O–H groups in total. The molecule has 3 heterocycles. The molecule has 2 aliphatic rings. The Hall–Kier alpha value is -3.92. The Morgan fingerprint density at radius 1 is 1.02 bits per heavy atom. The number of aromatic nitrogens is 1. The fourth-order valence-corrected chi connectivity index (χ4v) is 11.9. The number of aliphatic hydroxyl groups excluding tert-OH is 1. The molecule has 8 nitrogen and oxygen atoms in total. The number of hydrogen-bond acceptors (Lipinski definition) is 6. The summed E-state index contributed by atoms with van der Waals surface area (Å²) in [5.41, 5.74) is 3.13. The van der Waals surface area contributed by atoms with E-state index in [9.17, 15) is 14.7 Å². The minimum absolute atomic E-state index is 0.0133. The monoisotopic (exact) mass is 670 g/mol. The van der Waals surface area contributed by atoms with Gasteiger partial charge >= 0.3 is 0 Å². The second-order valence-electron chi connectivity index (χ2n) is 13.9. The third-order valence-electron chi connectivity index (χ3n) is 10.4. The van der Waals surface area contributed by atoms with Crippen molar-refractivity contribution in [3.05, 3.63) is 100 Å². The van der Waals surface area contributed by atoms with E-state index >= 15 is 0 Å².